The van der Waals surface area contributed by atoms with Crippen LogP contribution < -0.4 is 5.32 Å². The maximum absolute atomic E-state index is 12.3. The molecule has 1 aliphatic rings. The van der Waals surface area contributed by atoms with E-state index in [0.29, 0.717) is 12.4 Å². The van der Waals surface area contributed by atoms with Crippen molar-refractivity contribution < 1.29 is 4.79 Å². The van der Waals surface area contributed by atoms with Gasteiger partial charge in [0.05, 0.1) is 35.4 Å². The molecule has 2 aromatic heterocycles. The van der Waals surface area contributed by atoms with Crippen LogP contribution in [0.5, 0.6) is 0 Å². The summed E-state index contributed by atoms with van der Waals surface area (Å²) in [4.78, 5) is 22.4. The lowest BCUT2D eigenvalue weighted by Crippen LogP contribution is -2.25. The molecule has 0 unspecified atom stereocenters. The van der Waals surface area contributed by atoms with Gasteiger partial charge < -0.3 is 10.3 Å². The summed E-state index contributed by atoms with van der Waals surface area (Å²) < 4.78 is 2.09. The molecule has 0 saturated heterocycles. The third-order valence-electron chi connectivity index (χ3n) is 4.92. The van der Waals surface area contributed by atoms with Crippen LogP contribution in [0.2, 0.25) is 0 Å². The Morgan fingerprint density at radius 3 is 3.04 bits per heavy atom. The van der Waals surface area contributed by atoms with Crippen LogP contribution in [-0.2, 0) is 30.8 Å². The normalized spacial score (nSPS) is 14.9. The summed E-state index contributed by atoms with van der Waals surface area (Å²) in [5.74, 6) is 0.634. The number of aromatic amines is 1. The number of carbonyl (C=O) groups excluding carboxylic acids is 1. The van der Waals surface area contributed by atoms with E-state index >= 15 is 0 Å². The number of benzene rings is 1. The number of carbonyl (C=O) groups is 1. The first-order valence-corrected chi connectivity index (χ1v) is 9.69. The quantitative estimate of drug-likeness (QED) is 0.701. The van der Waals surface area contributed by atoms with Crippen molar-refractivity contribution >= 4 is 16.9 Å². The molecule has 7 heteroatoms. The number of nitrogens with one attached hydrogen (secondary N) is 2. The Hall–Kier alpha value is -2.67. The monoisotopic (exact) mass is 366 g/mol. The van der Waals surface area contributed by atoms with Crippen molar-refractivity contribution in [3.8, 4) is 0 Å². The van der Waals surface area contributed by atoms with Crippen LogP contribution >= 0.6 is 0 Å². The van der Waals surface area contributed by atoms with Crippen LogP contribution in [0.15, 0.2) is 30.3 Å². The van der Waals surface area contributed by atoms with Gasteiger partial charge in [0.1, 0.15) is 5.82 Å². The van der Waals surface area contributed by atoms with E-state index in [1.807, 2.05) is 24.3 Å². The largest absolute Gasteiger partial charge is 0.350 e. The number of para-hydroxylation sites is 2. The number of rotatable bonds is 6. The number of aromatic nitrogens is 4. The highest BCUT2D eigenvalue weighted by molar-refractivity contribution is 5.80. The van der Waals surface area contributed by atoms with E-state index in [1.54, 1.807) is 0 Å². The first-order valence-electron chi connectivity index (χ1n) is 9.69. The molecule has 7 nitrogen and oxygen atoms in total. The summed E-state index contributed by atoms with van der Waals surface area (Å²) in [5, 5.41) is 7.64. The minimum atomic E-state index is -0.0511. The van der Waals surface area contributed by atoms with Crippen LogP contribution in [0.25, 0.3) is 11.0 Å². The summed E-state index contributed by atoms with van der Waals surface area (Å²) in [6.45, 7) is 6.80. The van der Waals surface area contributed by atoms with Crippen LogP contribution in [0.1, 0.15) is 37.0 Å². The van der Waals surface area contributed by atoms with Crippen molar-refractivity contribution in [2.75, 3.05) is 13.1 Å². The fourth-order valence-corrected chi connectivity index (χ4v) is 3.67. The predicted molar refractivity (Wildman–Crippen MR) is 104 cm³/mol. The molecular weight excluding hydrogens is 340 g/mol. The molecule has 27 heavy (non-hydrogen) atoms. The van der Waals surface area contributed by atoms with Crippen molar-refractivity contribution in [2.45, 2.75) is 45.8 Å². The molecule has 0 atom stereocenters. The number of aryl methyl sites for hydroxylation is 1. The third kappa shape index (κ3) is 4.19. The zero-order chi connectivity index (χ0) is 18.6. The van der Waals surface area contributed by atoms with Gasteiger partial charge in [-0.1, -0.05) is 19.1 Å². The highest BCUT2D eigenvalue weighted by Gasteiger charge is 2.16. The van der Waals surface area contributed by atoms with E-state index in [9.17, 15) is 4.79 Å². The van der Waals surface area contributed by atoms with Crippen molar-refractivity contribution in [2.24, 2.45) is 0 Å². The minimum Gasteiger partial charge on any atom is -0.350 e. The van der Waals surface area contributed by atoms with E-state index in [-0.39, 0.29) is 12.3 Å². The minimum absolute atomic E-state index is 0.0511. The van der Waals surface area contributed by atoms with E-state index in [0.717, 1.165) is 49.3 Å². The second-order valence-corrected chi connectivity index (χ2v) is 7.13. The fraction of sp³-hybridized carbons (Fsp3) is 0.450. The van der Waals surface area contributed by atoms with Crippen molar-refractivity contribution in [1.82, 2.24) is 30.0 Å². The first-order chi connectivity index (χ1) is 13.2. The van der Waals surface area contributed by atoms with Crippen molar-refractivity contribution in [1.29, 1.82) is 0 Å². The van der Waals surface area contributed by atoms with Gasteiger partial charge in [0.25, 0.3) is 0 Å². The summed E-state index contributed by atoms with van der Waals surface area (Å²) in [5.41, 5.74) is 3.99. The number of hydrogen-bond donors (Lipinski definition) is 2. The van der Waals surface area contributed by atoms with E-state index in [4.69, 9.17) is 0 Å². The van der Waals surface area contributed by atoms with Crippen molar-refractivity contribution in [3.63, 3.8) is 0 Å². The zero-order valence-corrected chi connectivity index (χ0v) is 15.7. The number of H-pyrrole nitrogens is 1. The van der Waals surface area contributed by atoms with Gasteiger partial charge in [-0.3, -0.25) is 14.4 Å². The van der Waals surface area contributed by atoms with Gasteiger partial charge in [-0.25, -0.2) is 4.98 Å². The summed E-state index contributed by atoms with van der Waals surface area (Å²) in [7, 11) is 0. The number of imidazole rings is 1. The standard InChI is InChI=1S/C20H26N6O/c1-2-8-25-9-5-10-26-16(14-25)11-15(24-26)13-21-20(27)12-19-22-17-6-3-4-7-18(17)23-19/h3-4,6-7,11H,2,5,8-10,12-14H2,1H3,(H,21,27)(H,22,23). The predicted octanol–water partition coefficient (Wildman–Crippen LogP) is 2.23. The average molecular weight is 366 g/mol. The SMILES string of the molecule is CCCN1CCCn2nc(CNC(=O)Cc3nc4ccccc4[nH]3)cc2C1. The molecular formula is C20H26N6O. The summed E-state index contributed by atoms with van der Waals surface area (Å²) >= 11 is 0. The molecule has 0 spiro atoms. The highest BCUT2D eigenvalue weighted by Crippen LogP contribution is 2.14. The van der Waals surface area contributed by atoms with Gasteiger partial charge in [-0.2, -0.15) is 5.10 Å². The van der Waals surface area contributed by atoms with Crippen molar-refractivity contribution in [3.05, 3.63) is 47.5 Å². The molecule has 0 fully saturated rings. The van der Waals surface area contributed by atoms with Gasteiger partial charge in [0.2, 0.25) is 5.91 Å². The van der Waals surface area contributed by atoms with Crippen LogP contribution in [-0.4, -0.2) is 43.6 Å². The molecule has 0 bridgehead atoms. The molecule has 2 N–H and O–H groups in total. The Morgan fingerprint density at radius 2 is 2.19 bits per heavy atom. The fourth-order valence-electron chi connectivity index (χ4n) is 3.67. The summed E-state index contributed by atoms with van der Waals surface area (Å²) in [6, 6.07) is 9.92. The highest BCUT2D eigenvalue weighted by atomic mass is 16.1. The van der Waals surface area contributed by atoms with Gasteiger partial charge in [-0.15, -0.1) is 0 Å². The second kappa shape index (κ2) is 7.92. The Morgan fingerprint density at radius 1 is 1.30 bits per heavy atom. The van der Waals surface area contributed by atoms with E-state index in [1.165, 1.54) is 12.1 Å². The smallest absolute Gasteiger partial charge is 0.227 e. The van der Waals surface area contributed by atoms with Gasteiger partial charge >= 0.3 is 0 Å². The van der Waals surface area contributed by atoms with E-state index in [2.05, 4.69) is 43.0 Å². The molecule has 0 radical (unpaired) electrons. The number of fused-ring (bicyclic) bond motifs is 2. The Bertz CT molecular complexity index is 895. The van der Waals surface area contributed by atoms with Crippen LogP contribution in [0, 0.1) is 0 Å². The lowest BCUT2D eigenvalue weighted by atomic mass is 10.3. The molecule has 0 aliphatic carbocycles. The third-order valence-corrected chi connectivity index (χ3v) is 4.92. The molecule has 1 aliphatic heterocycles. The van der Waals surface area contributed by atoms with E-state index < -0.39 is 0 Å². The number of nitrogens with zero attached hydrogens (tertiary/aromatic N) is 4. The molecule has 4 rings (SSSR count). The van der Waals surface area contributed by atoms with Crippen LogP contribution in [0.4, 0.5) is 0 Å². The second-order valence-electron chi connectivity index (χ2n) is 7.13. The van der Waals surface area contributed by atoms with Gasteiger partial charge in [-0.05, 0) is 37.6 Å². The first kappa shape index (κ1) is 17.7. The number of hydrogen-bond acceptors (Lipinski definition) is 4. The Labute approximate surface area is 158 Å². The average Bonchev–Trinajstić information content (AvgIpc) is 3.18. The maximum Gasteiger partial charge on any atom is 0.227 e. The molecule has 0 saturated carbocycles. The van der Waals surface area contributed by atoms with Gasteiger partial charge in [0, 0.05) is 19.6 Å². The topological polar surface area (TPSA) is 78.8 Å². The molecule has 3 aromatic rings. The molecule has 3 heterocycles. The number of amides is 1. The Kier molecular flexibility index (Phi) is 5.20. The lowest BCUT2D eigenvalue weighted by Gasteiger charge is -2.17. The maximum atomic E-state index is 12.3. The zero-order valence-electron chi connectivity index (χ0n) is 15.7. The lowest BCUT2D eigenvalue weighted by molar-refractivity contribution is -0.120. The molecule has 1 amide bonds. The van der Waals surface area contributed by atoms with Gasteiger partial charge in [0.15, 0.2) is 0 Å². The van der Waals surface area contributed by atoms with Crippen LogP contribution in [0.3, 0.4) is 0 Å². The molecule has 142 valence electrons. The Balaban J connectivity index is 1.34. The summed E-state index contributed by atoms with van der Waals surface area (Å²) in [6.07, 6.45) is 2.53. The molecule has 1 aromatic carbocycles.